The van der Waals surface area contributed by atoms with Gasteiger partial charge in [0, 0.05) is 12.8 Å². The summed E-state index contributed by atoms with van der Waals surface area (Å²) in [5, 5.41) is 3.78. The van der Waals surface area contributed by atoms with Gasteiger partial charge < -0.3 is 10.6 Å². The molecule has 0 fully saturated rings. The van der Waals surface area contributed by atoms with Gasteiger partial charge in [0.15, 0.2) is 1.41 Å². The number of nitrogens with zero attached hydrogens (tertiary/aromatic N) is 1. The van der Waals surface area contributed by atoms with Gasteiger partial charge in [-0.05, 0) is 43.2 Å². The highest BCUT2D eigenvalue weighted by molar-refractivity contribution is 5.98. The molecule has 98 valence electrons. The van der Waals surface area contributed by atoms with Crippen molar-refractivity contribution >= 4 is 11.5 Å². The van der Waals surface area contributed by atoms with Crippen LogP contribution in [0.25, 0.3) is 0 Å². The van der Waals surface area contributed by atoms with E-state index in [1.54, 1.807) is 0 Å². The van der Waals surface area contributed by atoms with Gasteiger partial charge in [0.05, 0.1) is 12.3 Å². The van der Waals surface area contributed by atoms with Crippen LogP contribution in [0.1, 0.15) is 38.7 Å². The Hall–Kier alpha value is -1.84. The highest BCUT2D eigenvalue weighted by Crippen LogP contribution is 2.13. The lowest BCUT2D eigenvalue weighted by Gasteiger charge is -2.06. The van der Waals surface area contributed by atoms with E-state index in [1.807, 2.05) is 43.9 Å². The molecule has 0 heterocycles. The number of ether oxygens (including phenoxy) is 1. The topological polar surface area (TPSA) is 64.7 Å². The minimum absolute atomic E-state index is 0.272. The fourth-order valence-corrected chi connectivity index (χ4v) is 1.49. The van der Waals surface area contributed by atoms with E-state index < -0.39 is 0 Å². The molecule has 0 aliphatic carbocycles. The number of rotatable bonds is 8. The summed E-state index contributed by atoms with van der Waals surface area (Å²) in [6.07, 6.45) is 1.92. The lowest BCUT2D eigenvalue weighted by molar-refractivity contribution is -0.118. The molecule has 0 aromatic heterocycles. The summed E-state index contributed by atoms with van der Waals surface area (Å²) < 4.78 is 12.3. The van der Waals surface area contributed by atoms with Crippen LogP contribution in [0, 0.1) is 0 Å². The molecule has 4 nitrogen and oxygen atoms in total. The van der Waals surface area contributed by atoms with Crippen LogP contribution in [-0.2, 0) is 4.79 Å². The molecule has 4 heteroatoms. The number of hydrazone groups is 1. The Labute approximate surface area is 109 Å². The standard InChI is InChI=1S/C14H20N2O2/c1-3-13(17)5-4-10-18-14-8-6-12(7-9-14)11(2)16-15/h6-9H,3-5,10,15H2,1-2H3/b16-11+/i/hD. The maximum Gasteiger partial charge on any atom is 0.179 e. The number of hydrogen-bond acceptors (Lipinski definition) is 4. The van der Waals surface area contributed by atoms with Crippen molar-refractivity contribution in [3.05, 3.63) is 29.8 Å². The van der Waals surface area contributed by atoms with E-state index in [4.69, 9.17) is 6.15 Å². The summed E-state index contributed by atoms with van der Waals surface area (Å²) in [6, 6.07) is 7.51. The molecule has 0 spiro atoms. The number of hydrogen-bond donors (Lipinski definition) is 1. The van der Waals surface area contributed by atoms with Crippen molar-refractivity contribution in [2.75, 3.05) is 6.61 Å². The number of ketones is 1. The molecule has 2 N–H and O–H groups in total. The summed E-state index contributed by atoms with van der Waals surface area (Å²) in [5.41, 5.74) is 1.68. The zero-order chi connectivity index (χ0) is 14.1. The van der Waals surface area contributed by atoms with Crippen molar-refractivity contribution in [1.82, 2.24) is 0 Å². The molecular weight excluding hydrogens is 228 g/mol. The zero-order valence-electron chi connectivity index (χ0n) is 11.9. The van der Waals surface area contributed by atoms with Gasteiger partial charge >= 0.3 is 0 Å². The number of Topliss-reactive ketones (excluding diaryl/α,β-unsaturated/α-hetero) is 1. The van der Waals surface area contributed by atoms with Crippen molar-refractivity contribution in [2.24, 2.45) is 10.9 Å². The number of carbonyl (C=O) groups is 1. The molecular formula is C14H20N2O2. The van der Waals surface area contributed by atoms with Crippen LogP contribution >= 0.6 is 0 Å². The third-order valence-corrected chi connectivity index (χ3v) is 2.70. The highest BCUT2D eigenvalue weighted by atomic mass is 16.5. The molecule has 0 aliphatic rings. The maximum absolute atomic E-state index is 11.1. The van der Waals surface area contributed by atoms with E-state index in [0.29, 0.717) is 19.4 Å². The second-order valence-electron chi connectivity index (χ2n) is 4.07. The fraction of sp³-hybridized carbons (Fsp3) is 0.429. The Morgan fingerprint density at radius 1 is 1.44 bits per heavy atom. The third kappa shape index (κ3) is 4.57. The van der Waals surface area contributed by atoms with E-state index in [-0.39, 0.29) is 5.78 Å². The molecule has 1 aromatic rings. The molecule has 1 rings (SSSR count). The van der Waals surface area contributed by atoms with Gasteiger partial charge in [0.25, 0.3) is 0 Å². The molecule has 1 aromatic carbocycles. The molecule has 0 saturated carbocycles. The highest BCUT2D eigenvalue weighted by Gasteiger charge is 2.00. The lowest BCUT2D eigenvalue weighted by Crippen LogP contribution is -2.03. The van der Waals surface area contributed by atoms with Gasteiger partial charge in [-0.2, -0.15) is 5.10 Å². The quantitative estimate of drug-likeness (QED) is 0.333. The van der Waals surface area contributed by atoms with E-state index >= 15 is 0 Å². The van der Waals surface area contributed by atoms with Gasteiger partial charge in [0.1, 0.15) is 11.5 Å². The molecule has 0 atom stereocenters. The van der Waals surface area contributed by atoms with Crippen molar-refractivity contribution in [1.29, 1.82) is 0 Å². The second kappa shape index (κ2) is 7.48. The van der Waals surface area contributed by atoms with Crippen LogP contribution in [0.2, 0.25) is 1.41 Å². The van der Waals surface area contributed by atoms with E-state index in [0.717, 1.165) is 23.4 Å². The first kappa shape index (κ1) is 12.6. The SMILES string of the molecule is [2H]N/N=C(\C)c1ccc(OCCCC(=O)CC)cc1. The second-order valence-corrected chi connectivity index (χ2v) is 4.07. The van der Waals surface area contributed by atoms with E-state index in [1.165, 1.54) is 0 Å². The number of nitrogens with two attached hydrogens (primary N) is 1. The zero-order valence-corrected chi connectivity index (χ0v) is 10.9. The summed E-state index contributed by atoms with van der Waals surface area (Å²) in [7, 11) is 0. The average Bonchev–Trinajstić information content (AvgIpc) is 2.44. The first-order chi connectivity index (χ1) is 9.17. The molecule has 0 radical (unpaired) electrons. The van der Waals surface area contributed by atoms with Gasteiger partial charge in [-0.15, -0.1) is 0 Å². The molecule has 0 bridgehead atoms. The van der Waals surface area contributed by atoms with Gasteiger partial charge in [-0.3, -0.25) is 4.79 Å². The Morgan fingerprint density at radius 2 is 2.17 bits per heavy atom. The Balaban J connectivity index is 2.40. The van der Waals surface area contributed by atoms with Gasteiger partial charge in [0.2, 0.25) is 0 Å². The smallest absolute Gasteiger partial charge is 0.179 e. The number of benzene rings is 1. The van der Waals surface area contributed by atoms with Gasteiger partial charge in [-0.25, -0.2) is 0 Å². The maximum atomic E-state index is 11.1. The molecule has 0 unspecified atom stereocenters. The van der Waals surface area contributed by atoms with Crippen molar-refractivity contribution in [3.63, 3.8) is 0 Å². The normalized spacial score (nSPS) is 11.9. The van der Waals surface area contributed by atoms with Crippen molar-refractivity contribution < 1.29 is 10.9 Å². The number of carbonyl (C=O) groups excluding carboxylic acids is 1. The van der Waals surface area contributed by atoms with Gasteiger partial charge in [-0.1, -0.05) is 6.92 Å². The minimum Gasteiger partial charge on any atom is -0.494 e. The molecule has 18 heavy (non-hydrogen) atoms. The summed E-state index contributed by atoms with van der Waals surface area (Å²) in [4.78, 5) is 11.1. The van der Waals surface area contributed by atoms with Crippen LogP contribution in [0.4, 0.5) is 0 Å². The van der Waals surface area contributed by atoms with Crippen LogP contribution in [-0.4, -0.2) is 18.1 Å². The summed E-state index contributed by atoms with van der Waals surface area (Å²) in [5.74, 6) is 3.06. The molecule has 0 aliphatic heterocycles. The van der Waals surface area contributed by atoms with Crippen molar-refractivity contribution in [2.45, 2.75) is 33.1 Å². The van der Waals surface area contributed by atoms with Crippen molar-refractivity contribution in [3.8, 4) is 5.75 Å². The average molecular weight is 249 g/mol. The first-order valence-corrected chi connectivity index (χ1v) is 6.13. The van der Waals surface area contributed by atoms with Crippen LogP contribution < -0.4 is 10.6 Å². The molecule has 0 saturated heterocycles. The lowest BCUT2D eigenvalue weighted by atomic mass is 10.1. The van der Waals surface area contributed by atoms with Crippen LogP contribution in [0.3, 0.4) is 0 Å². The van der Waals surface area contributed by atoms with E-state index in [2.05, 4.69) is 5.10 Å². The Morgan fingerprint density at radius 3 is 2.78 bits per heavy atom. The van der Waals surface area contributed by atoms with E-state index in [9.17, 15) is 4.79 Å². The molecule has 0 amide bonds. The third-order valence-electron chi connectivity index (χ3n) is 2.70. The van der Waals surface area contributed by atoms with Crippen LogP contribution in [0.5, 0.6) is 5.75 Å². The minimum atomic E-state index is 0.272. The predicted molar refractivity (Wildman–Crippen MR) is 72.9 cm³/mol. The summed E-state index contributed by atoms with van der Waals surface area (Å²) >= 11 is 0. The largest absolute Gasteiger partial charge is 0.494 e. The van der Waals surface area contributed by atoms with Crippen LogP contribution in [0.15, 0.2) is 29.4 Å². The Bertz CT molecular complexity index is 430. The Kier molecular flexibility index (Phi) is 5.24. The fourth-order valence-electron chi connectivity index (χ4n) is 1.49. The monoisotopic (exact) mass is 249 g/mol. The first-order valence-electron chi connectivity index (χ1n) is 6.63. The predicted octanol–water partition coefficient (Wildman–Crippen LogP) is 2.51. The summed E-state index contributed by atoms with van der Waals surface area (Å²) in [6.45, 7) is 4.25.